The Morgan fingerprint density at radius 1 is 1.16 bits per heavy atom. The molecule has 0 radical (unpaired) electrons. The van der Waals surface area contributed by atoms with Crippen molar-refractivity contribution in [1.29, 1.82) is 5.26 Å². The number of carbonyl (C=O) groups is 1. The first-order valence-corrected chi connectivity index (χ1v) is 10.4. The van der Waals surface area contributed by atoms with Gasteiger partial charge < -0.3 is 15.6 Å². The molecule has 6 nitrogen and oxygen atoms in total. The van der Waals surface area contributed by atoms with Gasteiger partial charge in [0, 0.05) is 23.2 Å². The summed E-state index contributed by atoms with van der Waals surface area (Å²) in [5.41, 5.74) is -0.476. The van der Waals surface area contributed by atoms with Crippen LogP contribution in [0.3, 0.4) is 0 Å². The van der Waals surface area contributed by atoms with Crippen LogP contribution in [0.15, 0.2) is 29.1 Å². The Morgan fingerprint density at radius 2 is 1.97 bits per heavy atom. The maximum atomic E-state index is 14.1. The number of fused-ring (bicyclic) bond motifs is 5. The molecule has 3 N–H and O–H groups in total. The molecule has 164 valence electrons. The summed E-state index contributed by atoms with van der Waals surface area (Å²) in [6.07, 6.45) is 3.20. The molecule has 5 rings (SSSR count). The Labute approximate surface area is 180 Å². The van der Waals surface area contributed by atoms with Crippen LogP contribution in [-0.2, 0) is 11.2 Å². The number of carbonyl (C=O) groups excluding carboxylic acids is 1. The Hall–Kier alpha value is -3.38. The predicted octanol–water partition coefficient (Wildman–Crippen LogP) is 2.79. The van der Waals surface area contributed by atoms with Crippen molar-refractivity contribution in [2.45, 2.75) is 43.8 Å². The Kier molecular flexibility index (Phi) is 4.90. The van der Waals surface area contributed by atoms with E-state index in [1.807, 2.05) is 0 Å². The van der Waals surface area contributed by atoms with Crippen LogP contribution in [0.25, 0.3) is 21.7 Å². The minimum Gasteiger partial charge on any atom is -0.339 e. The van der Waals surface area contributed by atoms with Crippen LogP contribution >= 0.6 is 0 Å². The molecule has 2 aliphatic rings. The molecule has 2 fully saturated rings. The topological polar surface area (TPSA) is 97.8 Å². The Morgan fingerprint density at radius 3 is 2.66 bits per heavy atom. The average Bonchev–Trinajstić information content (AvgIpc) is 3.42. The molecule has 0 spiro atoms. The van der Waals surface area contributed by atoms with E-state index in [9.17, 15) is 28.0 Å². The van der Waals surface area contributed by atoms with Crippen molar-refractivity contribution in [3.8, 4) is 6.07 Å². The van der Waals surface area contributed by atoms with Crippen LogP contribution in [0.2, 0.25) is 0 Å². The van der Waals surface area contributed by atoms with Crippen molar-refractivity contribution in [2.75, 3.05) is 0 Å². The van der Waals surface area contributed by atoms with Crippen LogP contribution in [0.4, 0.5) is 13.2 Å². The molecule has 2 heterocycles. The number of nitriles is 1. The maximum Gasteiger partial charge on any atom is 0.256 e. The Bertz CT molecular complexity index is 1360. The molecule has 2 bridgehead atoms. The van der Waals surface area contributed by atoms with Crippen LogP contribution in [0.5, 0.6) is 0 Å². The van der Waals surface area contributed by atoms with Crippen molar-refractivity contribution in [3.63, 3.8) is 0 Å². The fraction of sp³-hybridized carbons (Fsp3) is 0.348. The van der Waals surface area contributed by atoms with Crippen molar-refractivity contribution in [1.82, 2.24) is 15.6 Å². The monoisotopic (exact) mass is 440 g/mol. The number of hydrogen-bond acceptors (Lipinski definition) is 4. The van der Waals surface area contributed by atoms with Gasteiger partial charge in [-0.3, -0.25) is 9.59 Å². The van der Waals surface area contributed by atoms with Crippen LogP contribution in [0, 0.1) is 34.7 Å². The van der Waals surface area contributed by atoms with E-state index in [4.69, 9.17) is 0 Å². The lowest BCUT2D eigenvalue weighted by molar-refractivity contribution is -0.124. The van der Waals surface area contributed by atoms with Gasteiger partial charge in [0.25, 0.3) is 5.56 Å². The van der Waals surface area contributed by atoms with Crippen molar-refractivity contribution in [3.05, 3.63) is 57.6 Å². The highest BCUT2D eigenvalue weighted by molar-refractivity contribution is 6.05. The summed E-state index contributed by atoms with van der Waals surface area (Å²) >= 11 is 0. The van der Waals surface area contributed by atoms with E-state index < -0.39 is 34.6 Å². The largest absolute Gasteiger partial charge is 0.339 e. The second-order valence-electron chi connectivity index (χ2n) is 8.55. The first-order chi connectivity index (χ1) is 15.4. The first kappa shape index (κ1) is 20.5. The number of nitrogens with one attached hydrogen (secondary N) is 3. The van der Waals surface area contributed by atoms with E-state index in [0.717, 1.165) is 25.3 Å². The molecule has 1 aliphatic carbocycles. The normalized spacial score (nSPS) is 22.9. The lowest BCUT2D eigenvalue weighted by Crippen LogP contribution is -2.50. The molecule has 3 aromatic rings. The second kappa shape index (κ2) is 7.64. The van der Waals surface area contributed by atoms with E-state index in [1.165, 1.54) is 12.1 Å². The molecule has 1 aromatic heterocycles. The molecule has 32 heavy (non-hydrogen) atoms. The number of H-pyrrole nitrogens is 1. The zero-order chi connectivity index (χ0) is 22.6. The number of amides is 1. The highest BCUT2D eigenvalue weighted by Crippen LogP contribution is 2.35. The number of piperidine rings is 1. The highest BCUT2D eigenvalue weighted by Gasteiger charge is 2.43. The Balaban J connectivity index is 1.43. The van der Waals surface area contributed by atoms with E-state index in [-0.39, 0.29) is 40.4 Å². The molecule has 1 saturated heterocycles. The van der Waals surface area contributed by atoms with E-state index in [2.05, 4.69) is 21.7 Å². The summed E-state index contributed by atoms with van der Waals surface area (Å²) in [5.74, 6) is -4.38. The lowest BCUT2D eigenvalue weighted by atomic mass is 9.98. The van der Waals surface area contributed by atoms with E-state index in [0.29, 0.717) is 11.6 Å². The number of hydrogen-bond donors (Lipinski definition) is 3. The third-order valence-corrected chi connectivity index (χ3v) is 6.57. The summed E-state index contributed by atoms with van der Waals surface area (Å²) < 4.78 is 41.4. The molecule has 1 aliphatic heterocycles. The molecule has 9 heteroatoms. The number of pyridine rings is 1. The van der Waals surface area contributed by atoms with Crippen molar-refractivity contribution < 1.29 is 18.0 Å². The third-order valence-electron chi connectivity index (χ3n) is 6.57. The number of aromatic amines is 1. The maximum absolute atomic E-state index is 14.1. The fourth-order valence-electron chi connectivity index (χ4n) is 5.03. The highest BCUT2D eigenvalue weighted by atomic mass is 19.2. The third kappa shape index (κ3) is 3.31. The lowest BCUT2D eigenvalue weighted by Gasteiger charge is -2.23. The summed E-state index contributed by atoms with van der Waals surface area (Å²) in [7, 11) is 0. The van der Waals surface area contributed by atoms with Gasteiger partial charge in [-0.15, -0.1) is 0 Å². The fourth-order valence-corrected chi connectivity index (χ4v) is 5.03. The summed E-state index contributed by atoms with van der Waals surface area (Å²) in [6, 6.07) is 6.82. The average molecular weight is 440 g/mol. The zero-order valence-corrected chi connectivity index (χ0v) is 16.8. The standard InChI is InChI=1S/C23H19F3N4O2/c24-17-8-15-14-4-1-10(6-16(14)22(31)30-21(15)19(26)18(17)25)5-13(9-27)29-23(32)20-11-2-3-12(7-11)28-20/h1,4,6,8,11-13,20,28H,2-3,5,7H2,(H,29,32)(H,30,31). The van der Waals surface area contributed by atoms with Gasteiger partial charge in [-0.2, -0.15) is 5.26 Å². The summed E-state index contributed by atoms with van der Waals surface area (Å²) in [5, 5.41) is 16.0. The van der Waals surface area contributed by atoms with Gasteiger partial charge in [-0.1, -0.05) is 12.1 Å². The molecule has 1 amide bonds. The van der Waals surface area contributed by atoms with Crippen LogP contribution in [-0.4, -0.2) is 29.0 Å². The number of benzene rings is 2. The van der Waals surface area contributed by atoms with Gasteiger partial charge in [0.15, 0.2) is 17.5 Å². The summed E-state index contributed by atoms with van der Waals surface area (Å²) in [4.78, 5) is 27.4. The number of aromatic nitrogens is 1. The SMILES string of the molecule is N#CC(Cc1ccc2c(c1)c(=O)[nH]c1c(F)c(F)c(F)cc12)NC(=O)C1NC2CCC1C2. The number of rotatable bonds is 4. The van der Waals surface area contributed by atoms with Gasteiger partial charge in [0.2, 0.25) is 5.91 Å². The molecule has 1 saturated carbocycles. The number of nitrogens with zero attached hydrogens (tertiary/aromatic N) is 1. The first-order valence-electron chi connectivity index (χ1n) is 10.4. The minimum absolute atomic E-state index is 0.0371. The smallest absolute Gasteiger partial charge is 0.256 e. The molecular weight excluding hydrogens is 421 g/mol. The van der Waals surface area contributed by atoms with E-state index in [1.54, 1.807) is 6.07 Å². The van der Waals surface area contributed by atoms with Gasteiger partial charge in [0.05, 0.1) is 17.6 Å². The second-order valence-corrected chi connectivity index (χ2v) is 8.55. The van der Waals surface area contributed by atoms with Crippen molar-refractivity contribution in [2.24, 2.45) is 5.92 Å². The molecular formula is C23H19F3N4O2. The van der Waals surface area contributed by atoms with Crippen LogP contribution < -0.4 is 16.2 Å². The molecule has 4 atom stereocenters. The van der Waals surface area contributed by atoms with E-state index >= 15 is 0 Å². The zero-order valence-electron chi connectivity index (χ0n) is 16.8. The van der Waals surface area contributed by atoms with Gasteiger partial charge in [0.1, 0.15) is 6.04 Å². The molecule has 2 aromatic carbocycles. The molecule has 4 unspecified atom stereocenters. The predicted molar refractivity (Wildman–Crippen MR) is 111 cm³/mol. The van der Waals surface area contributed by atoms with Crippen LogP contribution in [0.1, 0.15) is 24.8 Å². The summed E-state index contributed by atoms with van der Waals surface area (Å²) in [6.45, 7) is 0. The van der Waals surface area contributed by atoms with Gasteiger partial charge >= 0.3 is 0 Å². The minimum atomic E-state index is -1.65. The van der Waals surface area contributed by atoms with Gasteiger partial charge in [-0.25, -0.2) is 13.2 Å². The quantitative estimate of drug-likeness (QED) is 0.429. The van der Waals surface area contributed by atoms with Crippen molar-refractivity contribution >= 4 is 27.6 Å². The van der Waals surface area contributed by atoms with Gasteiger partial charge in [-0.05, 0) is 48.3 Å². The number of halogens is 3.